The number of likely N-dealkylation sites (tertiary alicyclic amines) is 1. The molecule has 1 aliphatic heterocycles. The van der Waals surface area contributed by atoms with E-state index in [2.05, 4.69) is 15.1 Å². The highest BCUT2D eigenvalue weighted by Crippen LogP contribution is 2.32. The zero-order valence-electron chi connectivity index (χ0n) is 15.2. The number of hydrogen-bond donors (Lipinski definition) is 0. The molecule has 0 saturated carbocycles. The van der Waals surface area contributed by atoms with Crippen molar-refractivity contribution in [3.8, 4) is 0 Å². The van der Waals surface area contributed by atoms with Crippen LogP contribution in [0.1, 0.15) is 43.8 Å². The van der Waals surface area contributed by atoms with Crippen LogP contribution in [0.3, 0.4) is 0 Å². The SMILES string of the molecule is CC(CC(=O)N1CCC(c2ncc(Cl)cc2S(C)(=O)=O)CC1)n1cncn1. The summed E-state index contributed by atoms with van der Waals surface area (Å²) in [5.41, 5.74) is 0.546. The minimum Gasteiger partial charge on any atom is -0.343 e. The largest absolute Gasteiger partial charge is 0.343 e. The summed E-state index contributed by atoms with van der Waals surface area (Å²) in [6, 6.07) is 1.39. The second kappa shape index (κ2) is 7.93. The van der Waals surface area contributed by atoms with Crippen molar-refractivity contribution in [3.05, 3.63) is 35.6 Å². The van der Waals surface area contributed by atoms with Crippen LogP contribution >= 0.6 is 11.6 Å². The summed E-state index contributed by atoms with van der Waals surface area (Å²) in [7, 11) is -3.42. The van der Waals surface area contributed by atoms with Gasteiger partial charge in [-0.3, -0.25) is 9.78 Å². The minimum atomic E-state index is -3.42. The van der Waals surface area contributed by atoms with Crippen LogP contribution in [0.15, 0.2) is 29.8 Å². The van der Waals surface area contributed by atoms with Crippen LogP contribution in [0, 0.1) is 0 Å². The number of aromatic nitrogens is 4. The van der Waals surface area contributed by atoms with Crippen LogP contribution in [0.5, 0.6) is 0 Å². The number of carbonyl (C=O) groups excluding carboxylic acids is 1. The third-order valence-corrected chi connectivity index (χ3v) is 6.17. The maximum absolute atomic E-state index is 12.6. The monoisotopic (exact) mass is 411 g/mol. The lowest BCUT2D eigenvalue weighted by molar-refractivity contribution is -0.133. The summed E-state index contributed by atoms with van der Waals surface area (Å²) >= 11 is 5.93. The lowest BCUT2D eigenvalue weighted by Gasteiger charge is -2.33. The highest BCUT2D eigenvalue weighted by atomic mass is 35.5. The van der Waals surface area contributed by atoms with Crippen LogP contribution in [-0.2, 0) is 14.6 Å². The predicted octanol–water partition coefficient (Wildman–Crippen LogP) is 2.09. The molecule has 0 aromatic carbocycles. The normalized spacial score (nSPS) is 17.1. The van der Waals surface area contributed by atoms with Crippen LogP contribution in [0.25, 0.3) is 0 Å². The van der Waals surface area contributed by atoms with Crippen LogP contribution in [-0.4, -0.2) is 58.3 Å². The number of piperidine rings is 1. The van der Waals surface area contributed by atoms with E-state index in [1.165, 1.54) is 18.6 Å². The number of amides is 1. The van der Waals surface area contributed by atoms with Crippen molar-refractivity contribution in [3.63, 3.8) is 0 Å². The molecular weight excluding hydrogens is 390 g/mol. The van der Waals surface area contributed by atoms with E-state index in [1.807, 2.05) is 11.8 Å². The van der Waals surface area contributed by atoms with Gasteiger partial charge in [-0.05, 0) is 25.8 Å². The number of nitrogens with zero attached hydrogens (tertiary/aromatic N) is 5. The van der Waals surface area contributed by atoms with Crippen molar-refractivity contribution in [2.45, 2.75) is 43.0 Å². The number of pyridine rings is 1. The fraction of sp³-hybridized carbons (Fsp3) is 0.529. The zero-order chi connectivity index (χ0) is 19.6. The smallest absolute Gasteiger partial charge is 0.224 e. The minimum absolute atomic E-state index is 0.0104. The molecule has 10 heteroatoms. The first kappa shape index (κ1) is 19.8. The van der Waals surface area contributed by atoms with Crippen LogP contribution in [0.2, 0.25) is 5.02 Å². The molecule has 0 N–H and O–H groups in total. The van der Waals surface area contributed by atoms with E-state index in [0.717, 1.165) is 6.26 Å². The summed E-state index contributed by atoms with van der Waals surface area (Å²) in [4.78, 5) is 22.7. The van der Waals surface area contributed by atoms with E-state index in [-0.39, 0.29) is 22.8 Å². The van der Waals surface area contributed by atoms with Gasteiger partial charge in [0, 0.05) is 37.9 Å². The number of carbonyl (C=O) groups is 1. The molecule has 1 fully saturated rings. The fourth-order valence-corrected chi connectivity index (χ4v) is 4.52. The lowest BCUT2D eigenvalue weighted by Crippen LogP contribution is -2.39. The molecule has 1 amide bonds. The molecule has 1 saturated heterocycles. The summed E-state index contributed by atoms with van der Waals surface area (Å²) in [5.74, 6) is 0.0487. The van der Waals surface area contributed by atoms with Gasteiger partial charge in [0.25, 0.3) is 0 Å². The van der Waals surface area contributed by atoms with Crippen molar-refractivity contribution < 1.29 is 13.2 Å². The Hall–Kier alpha value is -2.00. The molecule has 0 spiro atoms. The zero-order valence-corrected chi connectivity index (χ0v) is 16.8. The van der Waals surface area contributed by atoms with Gasteiger partial charge in [-0.1, -0.05) is 11.6 Å². The quantitative estimate of drug-likeness (QED) is 0.747. The third kappa shape index (κ3) is 4.65. The first-order chi connectivity index (χ1) is 12.8. The molecule has 1 atom stereocenters. The molecule has 1 aliphatic rings. The first-order valence-electron chi connectivity index (χ1n) is 8.73. The van der Waals surface area contributed by atoms with Crippen molar-refractivity contribution in [1.82, 2.24) is 24.6 Å². The summed E-state index contributed by atoms with van der Waals surface area (Å²) in [6.45, 7) is 3.07. The summed E-state index contributed by atoms with van der Waals surface area (Å²) in [5, 5.41) is 4.36. The van der Waals surface area contributed by atoms with Gasteiger partial charge in [0.2, 0.25) is 5.91 Å². The fourth-order valence-electron chi connectivity index (χ4n) is 3.36. The Morgan fingerprint density at radius 2 is 2.07 bits per heavy atom. The molecule has 0 aliphatic carbocycles. The first-order valence-corrected chi connectivity index (χ1v) is 11.0. The topological polar surface area (TPSA) is 98.1 Å². The molecule has 146 valence electrons. The molecule has 27 heavy (non-hydrogen) atoms. The van der Waals surface area contributed by atoms with E-state index in [4.69, 9.17) is 11.6 Å². The average Bonchev–Trinajstić information content (AvgIpc) is 3.16. The second-order valence-electron chi connectivity index (χ2n) is 6.89. The maximum Gasteiger partial charge on any atom is 0.224 e. The molecule has 8 nitrogen and oxygen atoms in total. The predicted molar refractivity (Wildman–Crippen MR) is 100 cm³/mol. The van der Waals surface area contributed by atoms with Gasteiger partial charge >= 0.3 is 0 Å². The Labute approximate surface area is 163 Å². The van der Waals surface area contributed by atoms with Gasteiger partial charge < -0.3 is 4.90 Å². The molecule has 0 radical (unpaired) electrons. The third-order valence-electron chi connectivity index (χ3n) is 4.84. The highest BCUT2D eigenvalue weighted by molar-refractivity contribution is 7.90. The molecule has 3 rings (SSSR count). The van der Waals surface area contributed by atoms with Gasteiger partial charge in [0.1, 0.15) is 12.7 Å². The van der Waals surface area contributed by atoms with E-state index in [0.29, 0.717) is 43.1 Å². The second-order valence-corrected chi connectivity index (χ2v) is 9.31. The van der Waals surface area contributed by atoms with Gasteiger partial charge in [-0.2, -0.15) is 5.10 Å². The standard InChI is InChI=1S/C17H22ClN5O3S/c1-12(23-11-19-10-21-23)7-16(24)22-5-3-13(4-6-22)17-15(27(2,25)26)8-14(18)9-20-17/h8-13H,3-7H2,1-2H3. The molecule has 2 aromatic rings. The Morgan fingerprint density at radius 3 is 2.67 bits per heavy atom. The molecule has 1 unspecified atom stereocenters. The molecule has 2 aromatic heterocycles. The van der Waals surface area contributed by atoms with E-state index in [9.17, 15) is 13.2 Å². The van der Waals surface area contributed by atoms with Crippen molar-refractivity contribution in [2.24, 2.45) is 0 Å². The number of rotatable bonds is 5. The molecule has 3 heterocycles. The van der Waals surface area contributed by atoms with Crippen LogP contribution in [0.4, 0.5) is 0 Å². The van der Waals surface area contributed by atoms with E-state index >= 15 is 0 Å². The van der Waals surface area contributed by atoms with Gasteiger partial charge in [-0.25, -0.2) is 18.1 Å². The maximum atomic E-state index is 12.6. The van der Waals surface area contributed by atoms with Crippen LogP contribution < -0.4 is 0 Å². The number of sulfone groups is 1. The highest BCUT2D eigenvalue weighted by Gasteiger charge is 2.29. The van der Waals surface area contributed by atoms with Gasteiger partial charge in [-0.15, -0.1) is 0 Å². The summed E-state index contributed by atoms with van der Waals surface area (Å²) < 4.78 is 25.8. The Kier molecular flexibility index (Phi) is 5.81. The molecule has 0 bridgehead atoms. The molecular formula is C17H22ClN5O3S. The summed E-state index contributed by atoms with van der Waals surface area (Å²) in [6.07, 6.45) is 7.37. The van der Waals surface area contributed by atoms with Gasteiger partial charge in [0.05, 0.1) is 21.7 Å². The van der Waals surface area contributed by atoms with Crippen molar-refractivity contribution in [2.75, 3.05) is 19.3 Å². The Balaban J connectivity index is 1.65. The Morgan fingerprint density at radius 1 is 1.37 bits per heavy atom. The lowest BCUT2D eigenvalue weighted by atomic mass is 9.92. The average molecular weight is 412 g/mol. The number of hydrogen-bond acceptors (Lipinski definition) is 6. The van der Waals surface area contributed by atoms with E-state index < -0.39 is 9.84 Å². The van der Waals surface area contributed by atoms with Crippen molar-refractivity contribution in [1.29, 1.82) is 0 Å². The van der Waals surface area contributed by atoms with Crippen molar-refractivity contribution >= 4 is 27.3 Å². The number of halogens is 1. The Bertz CT molecular complexity index is 909. The van der Waals surface area contributed by atoms with Gasteiger partial charge in [0.15, 0.2) is 9.84 Å². The van der Waals surface area contributed by atoms with E-state index in [1.54, 1.807) is 11.0 Å².